The summed E-state index contributed by atoms with van der Waals surface area (Å²) in [6.45, 7) is 0.288. The number of nitrogens with zero attached hydrogens (tertiary/aromatic N) is 2. The molecule has 1 heterocycles. The number of benzene rings is 1. The van der Waals surface area contributed by atoms with Crippen LogP contribution >= 0.6 is 23.2 Å². The number of carbonyl (C=O) groups is 1. The smallest absolute Gasteiger partial charge is 0.328 e. The van der Waals surface area contributed by atoms with E-state index >= 15 is 0 Å². The quantitative estimate of drug-likeness (QED) is 0.851. The molecule has 0 atom stereocenters. The van der Waals surface area contributed by atoms with E-state index in [9.17, 15) is 9.90 Å². The summed E-state index contributed by atoms with van der Waals surface area (Å²) in [7, 11) is 0. The summed E-state index contributed by atoms with van der Waals surface area (Å²) in [5.41, 5.74) is 1.21. The molecule has 0 radical (unpaired) electrons. The predicted octanol–water partition coefficient (Wildman–Crippen LogP) is 3.04. The molecule has 20 heavy (non-hydrogen) atoms. The lowest BCUT2D eigenvalue weighted by atomic mass is 10.2. The Labute approximate surface area is 124 Å². The Morgan fingerprint density at radius 3 is 2.75 bits per heavy atom. The number of carboxylic acids is 1. The first-order chi connectivity index (χ1) is 9.45. The van der Waals surface area contributed by atoms with Crippen molar-refractivity contribution in [3.05, 3.63) is 51.6 Å². The molecule has 0 fully saturated rings. The highest BCUT2D eigenvalue weighted by atomic mass is 35.5. The second-order valence-corrected chi connectivity index (χ2v) is 4.84. The molecule has 1 aromatic heterocycles. The maximum Gasteiger partial charge on any atom is 0.328 e. The summed E-state index contributed by atoms with van der Waals surface area (Å²) in [4.78, 5) is 10.5. The SMILES string of the molecule is O=C(O)C=Cc1cc(O)nn1Cc1ccc(Cl)cc1Cl. The lowest BCUT2D eigenvalue weighted by Gasteiger charge is -2.07. The number of rotatable bonds is 4. The van der Waals surface area contributed by atoms with Gasteiger partial charge in [0.1, 0.15) is 0 Å². The fraction of sp³-hybridized carbons (Fsp3) is 0.0769. The summed E-state index contributed by atoms with van der Waals surface area (Å²) < 4.78 is 1.45. The molecule has 0 saturated heterocycles. The molecule has 0 spiro atoms. The second-order valence-electron chi connectivity index (χ2n) is 3.99. The van der Waals surface area contributed by atoms with Gasteiger partial charge in [-0.1, -0.05) is 29.3 Å². The topological polar surface area (TPSA) is 75.3 Å². The third-order valence-electron chi connectivity index (χ3n) is 2.53. The van der Waals surface area contributed by atoms with Gasteiger partial charge in [0.05, 0.1) is 12.2 Å². The normalized spacial score (nSPS) is 11.1. The van der Waals surface area contributed by atoms with E-state index in [0.29, 0.717) is 15.7 Å². The van der Waals surface area contributed by atoms with Crippen molar-refractivity contribution in [2.75, 3.05) is 0 Å². The van der Waals surface area contributed by atoms with Crippen LogP contribution in [0.4, 0.5) is 0 Å². The first-order valence-electron chi connectivity index (χ1n) is 5.57. The van der Waals surface area contributed by atoms with E-state index in [1.165, 1.54) is 16.8 Å². The molecule has 0 saturated carbocycles. The third kappa shape index (κ3) is 3.53. The average Bonchev–Trinajstić information content (AvgIpc) is 2.70. The van der Waals surface area contributed by atoms with Crippen LogP contribution in [0.25, 0.3) is 6.08 Å². The van der Waals surface area contributed by atoms with E-state index in [2.05, 4.69) is 5.10 Å². The standard InChI is InChI=1S/C13H10Cl2N2O3/c14-9-2-1-8(11(15)5-9)7-17-10(3-4-13(19)20)6-12(18)16-17/h1-6H,7H2,(H,16,18)(H,19,20). The van der Waals surface area contributed by atoms with Crippen LogP contribution in [-0.2, 0) is 11.3 Å². The number of halogens is 2. The predicted molar refractivity (Wildman–Crippen MR) is 76.1 cm³/mol. The molecule has 0 bridgehead atoms. The first-order valence-corrected chi connectivity index (χ1v) is 6.33. The molecular weight excluding hydrogens is 303 g/mol. The molecule has 0 amide bonds. The van der Waals surface area contributed by atoms with E-state index in [1.807, 2.05) is 0 Å². The first kappa shape index (κ1) is 14.4. The fourth-order valence-electron chi connectivity index (χ4n) is 1.65. The van der Waals surface area contributed by atoms with Crippen LogP contribution in [0.1, 0.15) is 11.3 Å². The summed E-state index contributed by atoms with van der Waals surface area (Å²) in [6.07, 6.45) is 2.31. The molecule has 0 aliphatic rings. The van der Waals surface area contributed by atoms with E-state index < -0.39 is 5.97 Å². The van der Waals surface area contributed by atoms with Crippen LogP contribution in [0, 0.1) is 0 Å². The van der Waals surface area contributed by atoms with Gasteiger partial charge in [-0.2, -0.15) is 0 Å². The number of hydrogen-bond donors (Lipinski definition) is 2. The number of carboxylic acid groups (broad SMARTS) is 1. The van der Waals surface area contributed by atoms with Crippen molar-refractivity contribution >= 4 is 35.2 Å². The number of hydrogen-bond acceptors (Lipinski definition) is 3. The van der Waals surface area contributed by atoms with Crippen molar-refractivity contribution < 1.29 is 15.0 Å². The Balaban J connectivity index is 2.31. The van der Waals surface area contributed by atoms with Gasteiger partial charge in [-0.15, -0.1) is 5.10 Å². The Kier molecular flexibility index (Phi) is 4.32. The lowest BCUT2D eigenvalue weighted by molar-refractivity contribution is -0.131. The summed E-state index contributed by atoms with van der Waals surface area (Å²) in [5.74, 6) is -1.28. The minimum absolute atomic E-state index is 0.194. The van der Waals surface area contributed by atoms with Crippen LogP contribution in [0.5, 0.6) is 5.88 Å². The molecule has 2 aromatic rings. The molecule has 0 unspecified atom stereocenters. The maximum atomic E-state index is 10.5. The lowest BCUT2D eigenvalue weighted by Crippen LogP contribution is -2.04. The largest absolute Gasteiger partial charge is 0.492 e. The molecule has 104 valence electrons. The molecule has 2 rings (SSSR count). The van der Waals surface area contributed by atoms with Gasteiger partial charge in [-0.25, -0.2) is 4.79 Å². The van der Waals surface area contributed by atoms with E-state index in [0.717, 1.165) is 11.6 Å². The Morgan fingerprint density at radius 2 is 2.10 bits per heavy atom. The molecule has 1 aromatic carbocycles. The number of aromatic nitrogens is 2. The molecule has 0 aliphatic carbocycles. The maximum absolute atomic E-state index is 10.5. The van der Waals surface area contributed by atoms with E-state index in [4.69, 9.17) is 28.3 Å². The van der Waals surface area contributed by atoms with Crippen LogP contribution in [0.3, 0.4) is 0 Å². The molecular formula is C13H10Cl2N2O3. The van der Waals surface area contributed by atoms with Gasteiger partial charge in [-0.05, 0) is 23.8 Å². The Bertz CT molecular complexity index is 680. The van der Waals surface area contributed by atoms with Crippen molar-refractivity contribution in [1.82, 2.24) is 9.78 Å². The van der Waals surface area contributed by atoms with Crippen molar-refractivity contribution in [3.8, 4) is 5.88 Å². The van der Waals surface area contributed by atoms with Crippen molar-refractivity contribution in [1.29, 1.82) is 0 Å². The highest BCUT2D eigenvalue weighted by Crippen LogP contribution is 2.23. The Morgan fingerprint density at radius 1 is 1.35 bits per heavy atom. The molecule has 5 nitrogen and oxygen atoms in total. The van der Waals surface area contributed by atoms with Gasteiger partial charge in [-0.3, -0.25) is 4.68 Å². The zero-order valence-electron chi connectivity index (χ0n) is 10.1. The fourth-order valence-corrected chi connectivity index (χ4v) is 2.11. The van der Waals surface area contributed by atoms with Gasteiger partial charge in [0.15, 0.2) is 0 Å². The highest BCUT2D eigenvalue weighted by Gasteiger charge is 2.08. The zero-order chi connectivity index (χ0) is 14.7. The van der Waals surface area contributed by atoms with Crippen LogP contribution in [0.15, 0.2) is 30.3 Å². The average molecular weight is 313 g/mol. The van der Waals surface area contributed by atoms with Crippen molar-refractivity contribution in [2.24, 2.45) is 0 Å². The van der Waals surface area contributed by atoms with Gasteiger partial charge >= 0.3 is 5.97 Å². The molecule has 2 N–H and O–H groups in total. The van der Waals surface area contributed by atoms with Crippen molar-refractivity contribution in [3.63, 3.8) is 0 Å². The van der Waals surface area contributed by atoms with Gasteiger partial charge in [0.25, 0.3) is 0 Å². The van der Waals surface area contributed by atoms with Crippen LogP contribution < -0.4 is 0 Å². The zero-order valence-corrected chi connectivity index (χ0v) is 11.6. The van der Waals surface area contributed by atoms with Gasteiger partial charge < -0.3 is 10.2 Å². The second kappa shape index (κ2) is 5.98. The minimum Gasteiger partial charge on any atom is -0.492 e. The monoisotopic (exact) mass is 312 g/mol. The summed E-state index contributed by atoms with van der Waals surface area (Å²) in [5, 5.41) is 22.9. The minimum atomic E-state index is -1.08. The van der Waals surface area contributed by atoms with Crippen LogP contribution in [0.2, 0.25) is 10.0 Å². The molecule has 0 aliphatic heterocycles. The van der Waals surface area contributed by atoms with E-state index in [1.54, 1.807) is 18.2 Å². The molecule has 7 heteroatoms. The van der Waals surface area contributed by atoms with Gasteiger partial charge in [0.2, 0.25) is 5.88 Å². The van der Waals surface area contributed by atoms with Crippen molar-refractivity contribution in [2.45, 2.75) is 6.54 Å². The Hall–Kier alpha value is -1.98. The summed E-state index contributed by atoms with van der Waals surface area (Å²) in [6, 6.07) is 6.41. The number of aliphatic carboxylic acids is 1. The summed E-state index contributed by atoms with van der Waals surface area (Å²) >= 11 is 11.9. The third-order valence-corrected chi connectivity index (χ3v) is 3.12. The number of aromatic hydroxyl groups is 1. The van der Waals surface area contributed by atoms with E-state index in [-0.39, 0.29) is 12.4 Å². The van der Waals surface area contributed by atoms with Gasteiger partial charge in [0, 0.05) is 22.2 Å². The highest BCUT2D eigenvalue weighted by molar-refractivity contribution is 6.35. The van der Waals surface area contributed by atoms with Crippen LogP contribution in [-0.4, -0.2) is 26.0 Å².